The summed E-state index contributed by atoms with van der Waals surface area (Å²) in [4.78, 5) is 16.3. The molecule has 1 heterocycles. The lowest BCUT2D eigenvalue weighted by Crippen LogP contribution is -2.48. The summed E-state index contributed by atoms with van der Waals surface area (Å²) in [6.45, 7) is 3.69. The monoisotopic (exact) mass is 225 g/mol. The third kappa shape index (κ3) is 2.55. The van der Waals surface area contributed by atoms with Gasteiger partial charge < -0.3 is 15.5 Å². The van der Waals surface area contributed by atoms with Gasteiger partial charge in [0, 0.05) is 25.2 Å². The molecule has 16 heavy (non-hydrogen) atoms. The third-order valence-corrected chi connectivity index (χ3v) is 3.72. The summed E-state index contributed by atoms with van der Waals surface area (Å²) in [5, 5.41) is 0. The van der Waals surface area contributed by atoms with Crippen LogP contribution in [-0.2, 0) is 4.79 Å². The van der Waals surface area contributed by atoms with Gasteiger partial charge in [-0.05, 0) is 39.7 Å². The lowest BCUT2D eigenvalue weighted by Gasteiger charge is -2.29. The van der Waals surface area contributed by atoms with E-state index in [9.17, 15) is 4.79 Å². The molecule has 1 aliphatic carbocycles. The number of likely N-dealkylation sites (tertiary alicyclic amines) is 1. The SMILES string of the molecule is CC(N)C(=O)N1CCCC1CN(C)C1CC1. The molecule has 0 aromatic heterocycles. The smallest absolute Gasteiger partial charge is 0.239 e. The van der Waals surface area contributed by atoms with E-state index in [-0.39, 0.29) is 11.9 Å². The molecule has 0 spiro atoms. The van der Waals surface area contributed by atoms with Crippen LogP contribution < -0.4 is 5.73 Å². The summed E-state index contributed by atoms with van der Waals surface area (Å²) in [5.74, 6) is 0.117. The highest BCUT2D eigenvalue weighted by Crippen LogP contribution is 2.27. The predicted molar refractivity (Wildman–Crippen MR) is 64.0 cm³/mol. The predicted octanol–water partition coefficient (Wildman–Crippen LogP) is 0.419. The molecule has 2 aliphatic rings. The van der Waals surface area contributed by atoms with Gasteiger partial charge in [0.1, 0.15) is 0 Å². The van der Waals surface area contributed by atoms with E-state index in [1.54, 1.807) is 6.92 Å². The van der Waals surface area contributed by atoms with E-state index in [4.69, 9.17) is 5.73 Å². The van der Waals surface area contributed by atoms with E-state index in [0.717, 1.165) is 32.0 Å². The van der Waals surface area contributed by atoms with E-state index in [0.29, 0.717) is 6.04 Å². The second kappa shape index (κ2) is 4.72. The van der Waals surface area contributed by atoms with Gasteiger partial charge in [0.05, 0.1) is 6.04 Å². The van der Waals surface area contributed by atoms with Gasteiger partial charge >= 0.3 is 0 Å². The zero-order valence-corrected chi connectivity index (χ0v) is 10.4. The number of likely N-dealkylation sites (N-methyl/N-ethyl adjacent to an activating group) is 1. The number of rotatable bonds is 4. The fraction of sp³-hybridized carbons (Fsp3) is 0.917. The Kier molecular flexibility index (Phi) is 3.50. The minimum absolute atomic E-state index is 0.117. The Morgan fingerprint density at radius 1 is 1.50 bits per heavy atom. The minimum Gasteiger partial charge on any atom is -0.337 e. The Morgan fingerprint density at radius 2 is 2.19 bits per heavy atom. The molecule has 1 saturated heterocycles. The maximum atomic E-state index is 11.9. The van der Waals surface area contributed by atoms with Crippen LogP contribution in [-0.4, -0.2) is 54.0 Å². The fourth-order valence-corrected chi connectivity index (χ4v) is 2.57. The fourth-order valence-electron chi connectivity index (χ4n) is 2.57. The largest absolute Gasteiger partial charge is 0.337 e. The van der Waals surface area contributed by atoms with E-state index in [2.05, 4.69) is 11.9 Å². The molecule has 2 rings (SSSR count). The molecular weight excluding hydrogens is 202 g/mol. The Morgan fingerprint density at radius 3 is 2.75 bits per heavy atom. The van der Waals surface area contributed by atoms with Crippen LogP contribution in [0.4, 0.5) is 0 Å². The van der Waals surface area contributed by atoms with Gasteiger partial charge in [-0.1, -0.05) is 0 Å². The van der Waals surface area contributed by atoms with Crippen molar-refractivity contribution in [3.8, 4) is 0 Å². The van der Waals surface area contributed by atoms with Gasteiger partial charge in [-0.3, -0.25) is 4.79 Å². The lowest BCUT2D eigenvalue weighted by molar-refractivity contribution is -0.133. The van der Waals surface area contributed by atoms with Crippen molar-refractivity contribution in [1.29, 1.82) is 0 Å². The number of hydrogen-bond acceptors (Lipinski definition) is 3. The number of carbonyl (C=O) groups is 1. The van der Waals surface area contributed by atoms with Gasteiger partial charge in [-0.15, -0.1) is 0 Å². The maximum absolute atomic E-state index is 11.9. The Balaban J connectivity index is 1.89. The number of nitrogens with zero attached hydrogens (tertiary/aromatic N) is 2. The standard InChI is InChI=1S/C12H23N3O/c1-9(13)12(16)15-7-3-4-11(15)8-14(2)10-5-6-10/h9-11H,3-8,13H2,1-2H3. The van der Waals surface area contributed by atoms with Crippen molar-refractivity contribution < 1.29 is 4.79 Å². The molecule has 92 valence electrons. The zero-order chi connectivity index (χ0) is 11.7. The number of hydrogen-bond donors (Lipinski definition) is 1. The van der Waals surface area contributed by atoms with Gasteiger partial charge in [-0.25, -0.2) is 0 Å². The van der Waals surface area contributed by atoms with Crippen molar-refractivity contribution in [2.75, 3.05) is 20.1 Å². The van der Waals surface area contributed by atoms with E-state index in [1.165, 1.54) is 12.8 Å². The van der Waals surface area contributed by atoms with E-state index < -0.39 is 0 Å². The second-order valence-corrected chi connectivity index (χ2v) is 5.29. The van der Waals surface area contributed by atoms with Crippen molar-refractivity contribution in [2.24, 2.45) is 5.73 Å². The molecule has 2 unspecified atom stereocenters. The van der Waals surface area contributed by atoms with Crippen molar-refractivity contribution in [2.45, 2.75) is 50.7 Å². The Bertz CT molecular complexity index is 263. The Labute approximate surface area is 97.8 Å². The van der Waals surface area contributed by atoms with Crippen molar-refractivity contribution in [3.63, 3.8) is 0 Å². The van der Waals surface area contributed by atoms with Crippen LogP contribution in [0.15, 0.2) is 0 Å². The molecule has 0 aromatic rings. The summed E-state index contributed by atoms with van der Waals surface area (Å²) >= 11 is 0. The normalized spacial score (nSPS) is 27.5. The lowest BCUT2D eigenvalue weighted by atomic mass is 10.2. The first kappa shape index (κ1) is 11.9. The van der Waals surface area contributed by atoms with E-state index in [1.807, 2.05) is 4.90 Å². The minimum atomic E-state index is -0.355. The summed E-state index contributed by atoms with van der Waals surface area (Å²) < 4.78 is 0. The number of amides is 1. The van der Waals surface area contributed by atoms with Crippen LogP contribution in [0, 0.1) is 0 Å². The van der Waals surface area contributed by atoms with Gasteiger partial charge in [0.15, 0.2) is 0 Å². The zero-order valence-electron chi connectivity index (χ0n) is 10.4. The molecule has 0 aromatic carbocycles. The van der Waals surface area contributed by atoms with Gasteiger partial charge in [0.25, 0.3) is 0 Å². The molecule has 4 nitrogen and oxygen atoms in total. The second-order valence-electron chi connectivity index (χ2n) is 5.29. The molecule has 1 aliphatic heterocycles. The van der Waals surface area contributed by atoms with Gasteiger partial charge in [0.2, 0.25) is 5.91 Å². The average molecular weight is 225 g/mol. The summed E-state index contributed by atoms with van der Waals surface area (Å²) in [6.07, 6.45) is 4.91. The molecule has 2 atom stereocenters. The van der Waals surface area contributed by atoms with Crippen LogP contribution in [0.2, 0.25) is 0 Å². The highest BCUT2D eigenvalue weighted by atomic mass is 16.2. The van der Waals surface area contributed by atoms with Crippen molar-refractivity contribution in [3.05, 3.63) is 0 Å². The number of carbonyl (C=O) groups excluding carboxylic acids is 1. The molecule has 1 saturated carbocycles. The first-order valence-electron chi connectivity index (χ1n) is 6.36. The average Bonchev–Trinajstić information content (AvgIpc) is 2.99. The van der Waals surface area contributed by atoms with Crippen LogP contribution in [0.3, 0.4) is 0 Å². The van der Waals surface area contributed by atoms with Crippen molar-refractivity contribution in [1.82, 2.24) is 9.80 Å². The molecule has 0 radical (unpaired) electrons. The molecular formula is C12H23N3O. The van der Waals surface area contributed by atoms with Crippen LogP contribution in [0.5, 0.6) is 0 Å². The summed E-state index contributed by atoms with van der Waals surface area (Å²) in [5.41, 5.74) is 5.68. The van der Waals surface area contributed by atoms with Crippen LogP contribution in [0.25, 0.3) is 0 Å². The first-order valence-corrected chi connectivity index (χ1v) is 6.36. The molecule has 0 bridgehead atoms. The summed E-state index contributed by atoms with van der Waals surface area (Å²) in [6, 6.07) is 0.809. The van der Waals surface area contributed by atoms with E-state index >= 15 is 0 Å². The van der Waals surface area contributed by atoms with Crippen LogP contribution >= 0.6 is 0 Å². The highest BCUT2D eigenvalue weighted by molar-refractivity contribution is 5.81. The quantitative estimate of drug-likeness (QED) is 0.754. The molecule has 2 fully saturated rings. The Hall–Kier alpha value is -0.610. The first-order chi connectivity index (χ1) is 7.59. The third-order valence-electron chi connectivity index (χ3n) is 3.72. The molecule has 4 heteroatoms. The summed E-state index contributed by atoms with van der Waals surface area (Å²) in [7, 11) is 2.17. The van der Waals surface area contributed by atoms with Crippen molar-refractivity contribution >= 4 is 5.91 Å². The molecule has 1 amide bonds. The maximum Gasteiger partial charge on any atom is 0.239 e. The highest BCUT2D eigenvalue weighted by Gasteiger charge is 2.34. The molecule has 2 N–H and O–H groups in total. The van der Waals surface area contributed by atoms with Gasteiger partial charge in [-0.2, -0.15) is 0 Å². The van der Waals surface area contributed by atoms with Crippen LogP contribution in [0.1, 0.15) is 32.6 Å². The number of nitrogens with two attached hydrogens (primary N) is 1. The topological polar surface area (TPSA) is 49.6 Å².